The largest absolute Gasteiger partial charge is 0.325 e. The second kappa shape index (κ2) is 9.48. The van der Waals surface area contributed by atoms with Crippen LogP contribution in [-0.2, 0) is 4.79 Å². The molecule has 6 nitrogen and oxygen atoms in total. The second-order valence-electron chi connectivity index (χ2n) is 6.30. The minimum Gasteiger partial charge on any atom is -0.325 e. The molecule has 8 heteroatoms. The number of aromatic nitrogens is 2. The minimum absolute atomic E-state index is 0.112. The molecular formula is C20H20N4O2S2. The summed E-state index contributed by atoms with van der Waals surface area (Å²) in [4.78, 5) is 24.7. The van der Waals surface area contributed by atoms with Crippen molar-refractivity contribution in [3.63, 3.8) is 0 Å². The van der Waals surface area contributed by atoms with Crippen molar-refractivity contribution in [3.05, 3.63) is 64.4 Å². The van der Waals surface area contributed by atoms with Gasteiger partial charge in [0.05, 0.1) is 10.6 Å². The Balaban J connectivity index is 1.47. The van der Waals surface area contributed by atoms with Crippen LogP contribution in [0, 0.1) is 0 Å². The van der Waals surface area contributed by atoms with E-state index in [9.17, 15) is 9.59 Å². The zero-order valence-electron chi connectivity index (χ0n) is 15.5. The Hall–Kier alpha value is -2.71. The first kappa shape index (κ1) is 20.0. The lowest BCUT2D eigenvalue weighted by atomic mass is 10.0. The van der Waals surface area contributed by atoms with Crippen LogP contribution in [0.15, 0.2) is 58.9 Å². The van der Waals surface area contributed by atoms with E-state index in [1.807, 2.05) is 35.7 Å². The van der Waals surface area contributed by atoms with Crippen molar-refractivity contribution in [2.24, 2.45) is 0 Å². The van der Waals surface area contributed by atoms with Crippen molar-refractivity contribution in [3.8, 4) is 0 Å². The maximum absolute atomic E-state index is 12.1. The molecule has 0 bridgehead atoms. The molecule has 0 unspecified atom stereocenters. The topological polar surface area (TPSA) is 84.0 Å². The molecule has 3 aromatic rings. The SMILES string of the molecule is CC(C)c1ccc(NC(=O)CSc2ccc(NC(=O)c3cccs3)nn2)cc1. The third kappa shape index (κ3) is 5.64. The van der Waals surface area contributed by atoms with Crippen LogP contribution in [0.1, 0.15) is 35.0 Å². The molecule has 28 heavy (non-hydrogen) atoms. The Bertz CT molecular complexity index is 924. The van der Waals surface area contributed by atoms with Crippen LogP contribution >= 0.6 is 23.1 Å². The van der Waals surface area contributed by atoms with E-state index >= 15 is 0 Å². The van der Waals surface area contributed by atoms with Gasteiger partial charge in [0, 0.05) is 5.69 Å². The average Bonchev–Trinajstić information content (AvgIpc) is 3.23. The van der Waals surface area contributed by atoms with Crippen LogP contribution in [-0.4, -0.2) is 27.8 Å². The zero-order valence-corrected chi connectivity index (χ0v) is 17.1. The summed E-state index contributed by atoms with van der Waals surface area (Å²) in [6.07, 6.45) is 0. The Morgan fingerprint density at radius 3 is 2.43 bits per heavy atom. The first-order valence-electron chi connectivity index (χ1n) is 8.72. The molecule has 0 aliphatic carbocycles. The normalized spacial score (nSPS) is 10.7. The summed E-state index contributed by atoms with van der Waals surface area (Å²) < 4.78 is 0. The molecule has 0 aliphatic rings. The van der Waals surface area contributed by atoms with Crippen molar-refractivity contribution in [2.75, 3.05) is 16.4 Å². The van der Waals surface area contributed by atoms with Crippen LogP contribution in [0.2, 0.25) is 0 Å². The number of carbonyl (C=O) groups excluding carboxylic acids is 2. The van der Waals surface area contributed by atoms with Gasteiger partial charge < -0.3 is 10.6 Å². The third-order valence-electron chi connectivity index (χ3n) is 3.84. The van der Waals surface area contributed by atoms with Crippen molar-refractivity contribution in [2.45, 2.75) is 24.8 Å². The summed E-state index contributed by atoms with van der Waals surface area (Å²) in [6, 6.07) is 14.8. The number of thioether (sulfide) groups is 1. The Labute approximate surface area is 171 Å². The lowest BCUT2D eigenvalue weighted by molar-refractivity contribution is -0.113. The van der Waals surface area contributed by atoms with Crippen molar-refractivity contribution in [1.29, 1.82) is 0 Å². The average molecular weight is 413 g/mol. The number of thiophene rings is 1. The predicted molar refractivity (Wildman–Crippen MR) is 114 cm³/mol. The maximum Gasteiger partial charge on any atom is 0.266 e. The summed E-state index contributed by atoms with van der Waals surface area (Å²) in [7, 11) is 0. The highest BCUT2D eigenvalue weighted by atomic mass is 32.2. The van der Waals surface area contributed by atoms with E-state index in [1.54, 1.807) is 18.2 Å². The van der Waals surface area contributed by atoms with Gasteiger partial charge in [0.2, 0.25) is 5.91 Å². The van der Waals surface area contributed by atoms with Crippen molar-refractivity contribution >= 4 is 46.4 Å². The van der Waals surface area contributed by atoms with E-state index in [0.717, 1.165) is 5.69 Å². The van der Waals surface area contributed by atoms with Gasteiger partial charge in [0.25, 0.3) is 5.91 Å². The highest BCUT2D eigenvalue weighted by Crippen LogP contribution is 2.19. The number of carbonyl (C=O) groups is 2. The van der Waals surface area contributed by atoms with E-state index in [0.29, 0.717) is 21.6 Å². The molecule has 2 N–H and O–H groups in total. The van der Waals surface area contributed by atoms with Gasteiger partial charge in [-0.1, -0.05) is 43.8 Å². The van der Waals surface area contributed by atoms with Gasteiger partial charge in [0.1, 0.15) is 5.03 Å². The number of amides is 2. The maximum atomic E-state index is 12.1. The number of anilines is 2. The molecular weight excluding hydrogens is 392 g/mol. The van der Waals surface area contributed by atoms with Gasteiger partial charge in [-0.05, 0) is 47.2 Å². The van der Waals surface area contributed by atoms with Crippen LogP contribution < -0.4 is 10.6 Å². The molecule has 144 valence electrons. The molecule has 2 aromatic heterocycles. The highest BCUT2D eigenvalue weighted by molar-refractivity contribution is 7.99. The van der Waals surface area contributed by atoms with Crippen LogP contribution in [0.25, 0.3) is 0 Å². The monoisotopic (exact) mass is 412 g/mol. The lowest BCUT2D eigenvalue weighted by Crippen LogP contribution is -2.14. The summed E-state index contributed by atoms with van der Waals surface area (Å²) >= 11 is 2.64. The molecule has 0 radical (unpaired) electrons. The number of hydrogen-bond acceptors (Lipinski definition) is 6. The summed E-state index contributed by atoms with van der Waals surface area (Å²) in [5, 5.41) is 16.0. The number of nitrogens with zero attached hydrogens (tertiary/aromatic N) is 2. The molecule has 0 aliphatic heterocycles. The fraction of sp³-hybridized carbons (Fsp3) is 0.200. The first-order chi connectivity index (χ1) is 13.5. The van der Waals surface area contributed by atoms with Crippen molar-refractivity contribution < 1.29 is 9.59 Å². The minimum atomic E-state index is -0.215. The van der Waals surface area contributed by atoms with E-state index in [-0.39, 0.29) is 17.6 Å². The number of hydrogen-bond donors (Lipinski definition) is 2. The van der Waals surface area contributed by atoms with Gasteiger partial charge in [-0.15, -0.1) is 21.5 Å². The van der Waals surface area contributed by atoms with Gasteiger partial charge in [-0.2, -0.15) is 0 Å². The molecule has 2 heterocycles. The van der Waals surface area contributed by atoms with E-state index in [1.165, 1.54) is 28.7 Å². The molecule has 0 fully saturated rings. The lowest BCUT2D eigenvalue weighted by Gasteiger charge is -2.08. The van der Waals surface area contributed by atoms with Crippen LogP contribution in [0.4, 0.5) is 11.5 Å². The number of benzene rings is 1. The Kier molecular flexibility index (Phi) is 6.78. The van der Waals surface area contributed by atoms with E-state index in [4.69, 9.17) is 0 Å². The van der Waals surface area contributed by atoms with Crippen molar-refractivity contribution in [1.82, 2.24) is 10.2 Å². The molecule has 2 amide bonds. The Morgan fingerprint density at radius 1 is 1.04 bits per heavy atom. The second-order valence-corrected chi connectivity index (χ2v) is 8.25. The van der Waals surface area contributed by atoms with E-state index in [2.05, 4.69) is 34.7 Å². The first-order valence-corrected chi connectivity index (χ1v) is 10.6. The Morgan fingerprint density at radius 2 is 1.82 bits per heavy atom. The zero-order chi connectivity index (χ0) is 19.9. The van der Waals surface area contributed by atoms with Gasteiger partial charge in [0.15, 0.2) is 5.82 Å². The smallest absolute Gasteiger partial charge is 0.266 e. The summed E-state index contributed by atoms with van der Waals surface area (Å²) in [5.74, 6) is 0.725. The van der Waals surface area contributed by atoms with Gasteiger partial charge in [-0.3, -0.25) is 9.59 Å². The molecule has 1 aromatic carbocycles. The summed E-state index contributed by atoms with van der Waals surface area (Å²) in [6.45, 7) is 4.26. The van der Waals surface area contributed by atoms with Crippen LogP contribution in [0.5, 0.6) is 0 Å². The van der Waals surface area contributed by atoms with Gasteiger partial charge in [-0.25, -0.2) is 0 Å². The standard InChI is InChI=1S/C20H20N4O2S2/c1-13(2)14-5-7-15(8-6-14)21-18(25)12-28-19-10-9-17(23-24-19)22-20(26)16-4-3-11-27-16/h3-11,13H,12H2,1-2H3,(H,21,25)(H,22,23,26). The van der Waals surface area contributed by atoms with Gasteiger partial charge >= 0.3 is 0 Å². The third-order valence-corrected chi connectivity index (χ3v) is 5.63. The highest BCUT2D eigenvalue weighted by Gasteiger charge is 2.09. The summed E-state index contributed by atoms with van der Waals surface area (Å²) in [5.41, 5.74) is 2.00. The predicted octanol–water partition coefficient (Wildman–Crippen LogP) is 4.64. The number of rotatable bonds is 7. The number of nitrogens with one attached hydrogen (secondary N) is 2. The molecule has 0 spiro atoms. The molecule has 0 atom stereocenters. The quantitative estimate of drug-likeness (QED) is 0.552. The fourth-order valence-electron chi connectivity index (χ4n) is 2.34. The van der Waals surface area contributed by atoms with Crippen LogP contribution in [0.3, 0.4) is 0 Å². The fourth-order valence-corrected chi connectivity index (χ4v) is 3.57. The molecule has 3 rings (SSSR count). The van der Waals surface area contributed by atoms with E-state index < -0.39 is 0 Å². The molecule has 0 saturated heterocycles. The molecule has 0 saturated carbocycles.